The van der Waals surface area contributed by atoms with Crippen LogP contribution in [0.2, 0.25) is 0 Å². The fraction of sp³-hybridized carbons (Fsp3) is 0.769. The third kappa shape index (κ3) is 3.30. The summed E-state index contributed by atoms with van der Waals surface area (Å²) in [7, 11) is 0. The Morgan fingerprint density at radius 3 is 2.15 bits per heavy atom. The first-order valence-electron chi connectivity index (χ1n) is 7.84. The highest BCUT2D eigenvalue weighted by Crippen LogP contribution is 2.28. The summed E-state index contributed by atoms with van der Waals surface area (Å²) in [4.78, 5) is 19.6. The van der Waals surface area contributed by atoms with Crippen molar-refractivity contribution in [2.24, 2.45) is 0 Å². The van der Waals surface area contributed by atoms with Crippen molar-refractivity contribution in [2.45, 2.75) is 49.1 Å². The van der Waals surface area contributed by atoms with Gasteiger partial charge in [-0.1, -0.05) is 0 Å². The molecule has 3 heterocycles. The lowest BCUT2D eigenvalue weighted by Crippen LogP contribution is -2.39. The largest absolute Gasteiger partial charge is 0.394 e. The van der Waals surface area contributed by atoms with Gasteiger partial charge in [0.25, 0.3) is 0 Å². The Morgan fingerprint density at radius 1 is 1.00 bits per heavy atom. The summed E-state index contributed by atoms with van der Waals surface area (Å²) in [6.45, 7) is -1.06. The first-order valence-corrected chi connectivity index (χ1v) is 7.84. The predicted molar refractivity (Wildman–Crippen MR) is 80.7 cm³/mol. The maximum Gasteiger partial charge on any atom is 0.354 e. The van der Waals surface area contributed by atoms with E-state index < -0.39 is 68.0 Å². The highest BCUT2D eigenvalue weighted by Gasteiger charge is 2.44. The van der Waals surface area contributed by atoms with Crippen molar-refractivity contribution < 1.29 is 40.1 Å². The van der Waals surface area contributed by atoms with Crippen LogP contribution in [0.15, 0.2) is 11.1 Å². The molecule has 0 radical (unpaired) electrons. The van der Waals surface area contributed by atoms with E-state index in [-0.39, 0.29) is 5.95 Å². The van der Waals surface area contributed by atoms with Crippen LogP contribution >= 0.6 is 0 Å². The van der Waals surface area contributed by atoms with Gasteiger partial charge in [-0.05, 0) is 0 Å². The standard InChI is InChI=1S/C13H20N4O9/c18-1-4-6(20)8(22)10(25-4)15-12-14-3-17(13(24)16-12)11-9(23)7(21)5(2-19)26-11/h3-11,18-23H,1-2H2,(H,15,16,24)/t4-,5-,6-,7-,8-,9-,10?,11?/m1/s1. The second kappa shape index (κ2) is 7.50. The van der Waals surface area contributed by atoms with E-state index in [4.69, 9.17) is 19.7 Å². The smallest absolute Gasteiger partial charge is 0.354 e. The van der Waals surface area contributed by atoms with E-state index in [0.29, 0.717) is 0 Å². The molecule has 7 N–H and O–H groups in total. The Hall–Kier alpha value is -1.71. The highest BCUT2D eigenvalue weighted by molar-refractivity contribution is 5.24. The molecule has 0 saturated carbocycles. The highest BCUT2D eigenvalue weighted by atomic mass is 16.6. The van der Waals surface area contributed by atoms with E-state index in [1.165, 1.54) is 0 Å². The molecule has 26 heavy (non-hydrogen) atoms. The van der Waals surface area contributed by atoms with E-state index in [1.807, 2.05) is 0 Å². The van der Waals surface area contributed by atoms with E-state index in [1.54, 1.807) is 0 Å². The number of anilines is 1. The lowest BCUT2D eigenvalue weighted by molar-refractivity contribution is -0.0554. The van der Waals surface area contributed by atoms with Gasteiger partial charge >= 0.3 is 5.69 Å². The second-order valence-corrected chi connectivity index (χ2v) is 6.00. The molecule has 0 aliphatic carbocycles. The van der Waals surface area contributed by atoms with E-state index in [0.717, 1.165) is 10.9 Å². The lowest BCUT2D eigenvalue weighted by Gasteiger charge is -2.18. The first kappa shape index (κ1) is 19.1. The zero-order valence-electron chi connectivity index (χ0n) is 13.4. The molecule has 1 aromatic rings. The lowest BCUT2D eigenvalue weighted by atomic mass is 10.1. The minimum atomic E-state index is -1.47. The van der Waals surface area contributed by atoms with Gasteiger partial charge in [-0.3, -0.25) is 4.57 Å². The van der Waals surface area contributed by atoms with Gasteiger partial charge in [0.1, 0.15) is 43.0 Å². The number of nitrogens with zero attached hydrogens (tertiary/aromatic N) is 3. The number of rotatable bonds is 5. The van der Waals surface area contributed by atoms with Gasteiger partial charge in [0.05, 0.1) is 13.2 Å². The first-order chi connectivity index (χ1) is 12.4. The minimum Gasteiger partial charge on any atom is -0.394 e. The molecule has 2 saturated heterocycles. The SMILES string of the molecule is O=c1nc(NC2O[C@H](CO)[C@@H](O)[C@H]2O)ncn1C1O[C@H](CO)[C@@H](O)[C@H]1O. The number of aromatic nitrogens is 3. The quantitative estimate of drug-likeness (QED) is 0.259. The van der Waals surface area contributed by atoms with Gasteiger partial charge in [-0.25, -0.2) is 9.78 Å². The summed E-state index contributed by atoms with van der Waals surface area (Å²) in [5.74, 6) is -0.229. The van der Waals surface area contributed by atoms with Gasteiger partial charge in [-0.2, -0.15) is 4.98 Å². The zero-order chi connectivity index (χ0) is 19.0. The summed E-state index contributed by atoms with van der Waals surface area (Å²) in [6.07, 6.45) is -9.03. The Kier molecular flexibility index (Phi) is 5.50. The molecule has 0 spiro atoms. The summed E-state index contributed by atoms with van der Waals surface area (Å²) < 4.78 is 11.3. The van der Waals surface area contributed by atoms with Crippen LogP contribution in [0.5, 0.6) is 0 Å². The predicted octanol–water partition coefficient (Wildman–Crippen LogP) is -4.90. The van der Waals surface area contributed by atoms with Gasteiger partial charge in [0, 0.05) is 0 Å². The van der Waals surface area contributed by atoms with Crippen LogP contribution in [-0.2, 0) is 9.47 Å². The van der Waals surface area contributed by atoms with Crippen LogP contribution in [-0.4, -0.2) is 101 Å². The normalized spacial score (nSPS) is 40.1. The number of hydrogen-bond donors (Lipinski definition) is 7. The zero-order valence-corrected chi connectivity index (χ0v) is 13.4. The minimum absolute atomic E-state index is 0.229. The Bertz CT molecular complexity index is 688. The average Bonchev–Trinajstić information content (AvgIpc) is 3.06. The molecule has 2 aliphatic heterocycles. The van der Waals surface area contributed by atoms with Gasteiger partial charge < -0.3 is 45.4 Å². The molecule has 1 aromatic heterocycles. The summed E-state index contributed by atoms with van der Waals surface area (Å²) >= 11 is 0. The monoisotopic (exact) mass is 376 g/mol. The van der Waals surface area contributed by atoms with Crippen molar-refractivity contribution >= 4 is 5.95 Å². The Balaban J connectivity index is 1.74. The van der Waals surface area contributed by atoms with Crippen molar-refractivity contribution in [3.63, 3.8) is 0 Å². The summed E-state index contributed by atoms with van der Waals surface area (Å²) in [6, 6.07) is 0. The molecule has 0 aromatic carbocycles. The Labute approximate surface area is 146 Å². The molecule has 2 unspecified atom stereocenters. The molecule has 2 aliphatic rings. The summed E-state index contributed by atoms with van der Waals surface area (Å²) in [5.41, 5.74) is -0.885. The van der Waals surface area contributed by atoms with Crippen LogP contribution in [0, 0.1) is 0 Å². The van der Waals surface area contributed by atoms with Crippen LogP contribution in [0.4, 0.5) is 5.95 Å². The molecule has 0 amide bonds. The van der Waals surface area contributed by atoms with Crippen molar-refractivity contribution in [1.29, 1.82) is 0 Å². The molecule has 8 atom stereocenters. The molecule has 3 rings (SSSR count). The van der Waals surface area contributed by atoms with Gasteiger partial charge in [0.15, 0.2) is 12.5 Å². The topological polar surface area (TPSA) is 200 Å². The fourth-order valence-corrected chi connectivity index (χ4v) is 2.84. The number of aliphatic hydroxyl groups is 6. The number of nitrogens with one attached hydrogen (secondary N) is 1. The van der Waals surface area contributed by atoms with Crippen LogP contribution in [0.1, 0.15) is 6.23 Å². The van der Waals surface area contributed by atoms with Crippen molar-refractivity contribution in [3.05, 3.63) is 16.8 Å². The van der Waals surface area contributed by atoms with Gasteiger partial charge in [-0.15, -0.1) is 0 Å². The second-order valence-electron chi connectivity index (χ2n) is 6.00. The number of hydrogen-bond acceptors (Lipinski definition) is 12. The van der Waals surface area contributed by atoms with Crippen molar-refractivity contribution in [1.82, 2.24) is 14.5 Å². The van der Waals surface area contributed by atoms with Gasteiger partial charge in [0.2, 0.25) is 5.95 Å². The van der Waals surface area contributed by atoms with E-state index in [9.17, 15) is 25.2 Å². The van der Waals surface area contributed by atoms with Crippen LogP contribution < -0.4 is 11.0 Å². The fourth-order valence-electron chi connectivity index (χ4n) is 2.84. The maximum absolute atomic E-state index is 12.2. The number of ether oxygens (including phenoxy) is 2. The molecule has 2 fully saturated rings. The molecule has 13 heteroatoms. The Morgan fingerprint density at radius 2 is 1.62 bits per heavy atom. The van der Waals surface area contributed by atoms with Crippen LogP contribution in [0.3, 0.4) is 0 Å². The van der Waals surface area contributed by atoms with E-state index in [2.05, 4.69) is 15.3 Å². The molecular weight excluding hydrogens is 356 g/mol. The number of aliphatic hydroxyl groups excluding tert-OH is 6. The third-order valence-corrected chi connectivity index (χ3v) is 4.33. The van der Waals surface area contributed by atoms with Crippen LogP contribution in [0.25, 0.3) is 0 Å². The summed E-state index contributed by atoms with van der Waals surface area (Å²) in [5, 5.41) is 59.8. The van der Waals surface area contributed by atoms with E-state index >= 15 is 0 Å². The maximum atomic E-state index is 12.2. The molecular formula is C13H20N4O9. The third-order valence-electron chi connectivity index (χ3n) is 4.33. The average molecular weight is 376 g/mol. The molecule has 146 valence electrons. The van der Waals surface area contributed by atoms with Crippen molar-refractivity contribution in [2.75, 3.05) is 18.5 Å². The molecule has 0 bridgehead atoms. The molecule has 13 nitrogen and oxygen atoms in total. The van der Waals surface area contributed by atoms with Crippen molar-refractivity contribution in [3.8, 4) is 0 Å².